The molecule has 0 saturated heterocycles. The molecule has 4 aliphatic rings. The average Bonchev–Trinajstić information content (AvgIpc) is 3.22. The van der Waals surface area contributed by atoms with Gasteiger partial charge in [0.15, 0.2) is 0 Å². The minimum absolute atomic E-state index is 0.434. The van der Waals surface area contributed by atoms with Crippen LogP contribution < -0.4 is 9.47 Å². The summed E-state index contributed by atoms with van der Waals surface area (Å²) in [5.74, 6) is 1.59. The molecule has 0 aromatic heterocycles. The topological polar surface area (TPSA) is 92.3 Å². The van der Waals surface area contributed by atoms with E-state index in [0.29, 0.717) is 119 Å². The van der Waals surface area contributed by atoms with E-state index in [1.165, 1.54) is 19.6 Å². The predicted octanol–water partition coefficient (Wildman–Crippen LogP) is 7.54. The van der Waals surface area contributed by atoms with E-state index in [-0.39, 0.29) is 0 Å². The monoisotopic (exact) mass is 800 g/mol. The fourth-order valence-corrected chi connectivity index (χ4v) is 8.97. The van der Waals surface area contributed by atoms with Gasteiger partial charge in [-0.2, -0.15) is 0 Å². The summed E-state index contributed by atoms with van der Waals surface area (Å²) in [6, 6.07) is 26.2. The van der Waals surface area contributed by atoms with Crippen LogP contribution in [0.2, 0.25) is 0 Å². The normalized spacial score (nSPS) is 20.7. The van der Waals surface area contributed by atoms with Gasteiger partial charge in [-0.25, -0.2) is 0 Å². The lowest BCUT2D eigenvalue weighted by Gasteiger charge is -2.30. The third kappa shape index (κ3) is 10.2. The maximum absolute atomic E-state index is 6.31. The van der Waals surface area contributed by atoms with E-state index in [1.807, 2.05) is 0 Å². The highest BCUT2D eigenvalue weighted by atomic mass is 32.2. The van der Waals surface area contributed by atoms with Crippen molar-refractivity contribution in [3.05, 3.63) is 106 Å². The zero-order valence-electron chi connectivity index (χ0n) is 31.6. The lowest BCUT2D eigenvalue weighted by atomic mass is 9.84. The average molecular weight is 801 g/mol. The fraction of sp³-hybridized carbons (Fsp3) is 0.409. The number of benzene rings is 4. The summed E-state index contributed by atoms with van der Waals surface area (Å²) < 4.78 is 59.3. The summed E-state index contributed by atoms with van der Waals surface area (Å²) >= 11 is 3.56. The molecule has 4 aromatic carbocycles. The van der Waals surface area contributed by atoms with E-state index in [9.17, 15) is 0 Å². The Kier molecular flexibility index (Phi) is 14.3. The molecule has 0 saturated carbocycles. The van der Waals surface area contributed by atoms with E-state index in [1.54, 1.807) is 23.5 Å². The molecule has 0 spiro atoms. The number of fused-ring (bicyclic) bond motifs is 4. The van der Waals surface area contributed by atoms with Crippen LogP contribution in [0.1, 0.15) is 33.4 Å². The molecule has 56 heavy (non-hydrogen) atoms. The standard InChI is InChI=1S/C44H48O10S2/c1-5-39-35-25-31(1)29-51-19-17-47-13-11-45-9-10-46-12-14-48-18-20-52-30-32-2-6-40-36(26-32)44-38-28-34(4-8-42(38)56-40)54-24-22-50-16-15-49-21-23-53-33-3-7-41(55-39)37(27-33)43(35)44/h1-8,25-28H,9-24,29-30H2/b44-43+. The molecule has 0 fully saturated rings. The summed E-state index contributed by atoms with van der Waals surface area (Å²) in [5, 5.41) is 0. The SMILES string of the molecule is c1cc2c3cc1COCCOCCOCCOCCOCCOCc1ccc4c(c1)/C1=C/3c3cc(ccc3S2)OCCOCCOCCOc2ccc(c1c2)S4. The van der Waals surface area contributed by atoms with Crippen molar-refractivity contribution < 1.29 is 47.4 Å². The van der Waals surface area contributed by atoms with Gasteiger partial charge in [-0.15, -0.1) is 0 Å². The zero-order chi connectivity index (χ0) is 37.8. The number of hydrogen-bond donors (Lipinski definition) is 0. The van der Waals surface area contributed by atoms with Crippen LogP contribution >= 0.6 is 23.5 Å². The van der Waals surface area contributed by atoms with Gasteiger partial charge >= 0.3 is 0 Å². The quantitative estimate of drug-likeness (QED) is 0.152. The van der Waals surface area contributed by atoms with Crippen molar-refractivity contribution in [2.75, 3.05) is 106 Å². The van der Waals surface area contributed by atoms with Gasteiger partial charge in [-0.1, -0.05) is 35.7 Å². The van der Waals surface area contributed by atoms with Crippen LogP contribution in [0.5, 0.6) is 11.5 Å². The Hall–Kier alpha value is -3.40. The van der Waals surface area contributed by atoms with Gasteiger partial charge in [0.2, 0.25) is 0 Å². The first-order valence-electron chi connectivity index (χ1n) is 19.3. The van der Waals surface area contributed by atoms with Crippen LogP contribution in [0.15, 0.2) is 92.4 Å². The Labute approximate surface area is 337 Å². The molecule has 8 bridgehead atoms. The first-order chi connectivity index (χ1) is 27.8. The minimum Gasteiger partial charge on any atom is -0.491 e. The zero-order valence-corrected chi connectivity index (χ0v) is 33.2. The van der Waals surface area contributed by atoms with Crippen LogP contribution in [-0.4, -0.2) is 106 Å². The highest BCUT2D eigenvalue weighted by molar-refractivity contribution is 8.00. The van der Waals surface area contributed by atoms with Gasteiger partial charge in [0.25, 0.3) is 0 Å². The fourth-order valence-electron chi connectivity index (χ4n) is 6.87. The summed E-state index contributed by atoms with van der Waals surface area (Å²) in [6.45, 7) is 8.70. The van der Waals surface area contributed by atoms with E-state index >= 15 is 0 Å². The van der Waals surface area contributed by atoms with Crippen molar-refractivity contribution in [2.45, 2.75) is 32.8 Å². The molecule has 10 nitrogen and oxygen atoms in total. The smallest absolute Gasteiger partial charge is 0.120 e. The third-order valence-electron chi connectivity index (χ3n) is 9.52. The van der Waals surface area contributed by atoms with Crippen molar-refractivity contribution >= 4 is 34.7 Å². The molecule has 4 aromatic rings. The van der Waals surface area contributed by atoms with Crippen molar-refractivity contribution in [3.63, 3.8) is 0 Å². The molecular weight excluding hydrogens is 753 g/mol. The molecular formula is C44H48O10S2. The van der Waals surface area contributed by atoms with Crippen molar-refractivity contribution in [3.8, 4) is 11.5 Å². The summed E-state index contributed by atoms with van der Waals surface area (Å²) in [5.41, 5.74) is 8.98. The molecule has 4 aliphatic heterocycles. The van der Waals surface area contributed by atoms with Crippen molar-refractivity contribution in [2.24, 2.45) is 0 Å². The number of ether oxygens (including phenoxy) is 10. The Balaban J connectivity index is 1.23. The Bertz CT molecular complexity index is 1830. The number of hydrogen-bond acceptors (Lipinski definition) is 12. The number of rotatable bonds is 0. The van der Waals surface area contributed by atoms with Gasteiger partial charge < -0.3 is 47.4 Å². The molecule has 4 heterocycles. The maximum atomic E-state index is 6.31. The third-order valence-corrected chi connectivity index (χ3v) is 11.8. The molecule has 0 aliphatic carbocycles. The second kappa shape index (κ2) is 20.3. The Morgan fingerprint density at radius 2 is 0.607 bits per heavy atom. The van der Waals surface area contributed by atoms with Crippen LogP contribution in [0, 0.1) is 0 Å². The van der Waals surface area contributed by atoms with Crippen LogP contribution in [0.3, 0.4) is 0 Å². The summed E-state index contributed by atoms with van der Waals surface area (Å²) in [6.07, 6.45) is 0. The highest BCUT2D eigenvalue weighted by Crippen LogP contribution is 2.55. The van der Waals surface area contributed by atoms with Crippen LogP contribution in [0.25, 0.3) is 11.1 Å². The van der Waals surface area contributed by atoms with Crippen molar-refractivity contribution in [1.82, 2.24) is 0 Å². The van der Waals surface area contributed by atoms with E-state index < -0.39 is 0 Å². The lowest BCUT2D eigenvalue weighted by molar-refractivity contribution is -0.0185. The van der Waals surface area contributed by atoms with E-state index in [4.69, 9.17) is 47.4 Å². The molecule has 12 heteroatoms. The van der Waals surface area contributed by atoms with Crippen LogP contribution in [-0.2, 0) is 51.1 Å². The molecule has 0 N–H and O–H groups in total. The minimum atomic E-state index is 0.434. The molecule has 0 unspecified atom stereocenters. The molecule has 296 valence electrons. The Morgan fingerprint density at radius 1 is 0.304 bits per heavy atom. The predicted molar refractivity (Wildman–Crippen MR) is 214 cm³/mol. The van der Waals surface area contributed by atoms with Crippen molar-refractivity contribution in [1.29, 1.82) is 0 Å². The maximum Gasteiger partial charge on any atom is 0.120 e. The van der Waals surface area contributed by atoms with Gasteiger partial charge in [-0.05, 0) is 94.1 Å². The first kappa shape index (κ1) is 39.4. The second-order valence-corrected chi connectivity index (χ2v) is 15.6. The van der Waals surface area contributed by atoms with E-state index in [2.05, 4.69) is 72.8 Å². The highest BCUT2D eigenvalue weighted by Gasteiger charge is 2.31. The molecule has 0 amide bonds. The molecule has 8 rings (SSSR count). The Morgan fingerprint density at radius 3 is 0.982 bits per heavy atom. The van der Waals surface area contributed by atoms with E-state index in [0.717, 1.165) is 56.0 Å². The first-order valence-corrected chi connectivity index (χ1v) is 21.0. The van der Waals surface area contributed by atoms with Gasteiger partial charge in [0.1, 0.15) is 24.7 Å². The molecule has 0 radical (unpaired) electrons. The van der Waals surface area contributed by atoms with Crippen LogP contribution in [0.4, 0.5) is 0 Å². The summed E-state index contributed by atoms with van der Waals surface area (Å²) in [4.78, 5) is 4.69. The summed E-state index contributed by atoms with van der Waals surface area (Å²) in [7, 11) is 0. The van der Waals surface area contributed by atoms with Gasteiger partial charge in [-0.3, -0.25) is 0 Å². The molecule has 0 atom stereocenters. The van der Waals surface area contributed by atoms with Gasteiger partial charge in [0, 0.05) is 30.7 Å². The lowest BCUT2D eigenvalue weighted by Crippen LogP contribution is -2.14. The second-order valence-electron chi connectivity index (χ2n) is 13.4. The van der Waals surface area contributed by atoms with Gasteiger partial charge in [0.05, 0.1) is 106 Å². The largest absolute Gasteiger partial charge is 0.491 e.